The summed E-state index contributed by atoms with van der Waals surface area (Å²) in [6, 6.07) is 10.9. The molecule has 1 aliphatic rings. The third-order valence-electron chi connectivity index (χ3n) is 5.20. The summed E-state index contributed by atoms with van der Waals surface area (Å²) >= 11 is 0. The Bertz CT molecular complexity index is 1090. The van der Waals surface area contributed by atoms with Gasteiger partial charge in [0.15, 0.2) is 11.6 Å². The Morgan fingerprint density at radius 1 is 0.966 bits per heavy atom. The summed E-state index contributed by atoms with van der Waals surface area (Å²) in [5.41, 5.74) is 4.05. The molecule has 0 saturated carbocycles. The van der Waals surface area contributed by atoms with Crippen molar-refractivity contribution in [1.29, 1.82) is 0 Å². The van der Waals surface area contributed by atoms with Gasteiger partial charge in [-0.25, -0.2) is 4.79 Å². The Kier molecular flexibility index (Phi) is 5.69. The molecule has 29 heavy (non-hydrogen) atoms. The van der Waals surface area contributed by atoms with Crippen molar-refractivity contribution in [2.24, 2.45) is 0 Å². The van der Waals surface area contributed by atoms with Gasteiger partial charge < -0.3 is 5.11 Å². The first kappa shape index (κ1) is 20.1. The number of carbonyl (C=O) groups is 3. The van der Waals surface area contributed by atoms with E-state index in [2.05, 4.69) is 4.98 Å². The van der Waals surface area contributed by atoms with Crippen LogP contribution in [0.2, 0.25) is 0 Å². The average molecular weight is 387 g/mol. The van der Waals surface area contributed by atoms with E-state index < -0.39 is 11.9 Å². The standard InChI is InChI=1S/C24H21NO4/c1-14-15(2)24(29)21(16(3)23(14)28)22(19-8-5-11-25-13-19)18-7-4-6-17(12-18)9-10-20(26)27/h4-13,22H,1-3H3,(H,26,27)/b10-9+. The molecule has 1 heterocycles. The fraction of sp³-hybridized carbons (Fsp3) is 0.167. The van der Waals surface area contributed by atoms with Gasteiger partial charge in [0.05, 0.1) is 0 Å². The predicted molar refractivity (Wildman–Crippen MR) is 110 cm³/mol. The van der Waals surface area contributed by atoms with Crippen molar-refractivity contribution < 1.29 is 19.5 Å². The molecule has 0 radical (unpaired) electrons. The topological polar surface area (TPSA) is 84.3 Å². The molecule has 2 aromatic rings. The number of Topliss-reactive ketones (excluding diaryl/α,β-unsaturated/α-hetero) is 2. The molecule has 1 aromatic carbocycles. The quantitative estimate of drug-likeness (QED) is 0.616. The number of nitrogens with zero attached hydrogens (tertiary/aromatic N) is 1. The SMILES string of the molecule is CC1=C(C)C(=O)C(C(c2cccnc2)c2cccc(/C=C/C(=O)O)c2)=C(C)C1=O. The number of aromatic nitrogens is 1. The lowest BCUT2D eigenvalue weighted by molar-refractivity contribution is -0.131. The number of aliphatic carboxylic acids is 1. The maximum Gasteiger partial charge on any atom is 0.328 e. The van der Waals surface area contributed by atoms with E-state index in [0.29, 0.717) is 27.9 Å². The van der Waals surface area contributed by atoms with Gasteiger partial charge in [0.25, 0.3) is 0 Å². The molecule has 3 rings (SSSR count). The summed E-state index contributed by atoms with van der Waals surface area (Å²) in [5, 5.41) is 8.90. The number of benzene rings is 1. The molecule has 146 valence electrons. The smallest absolute Gasteiger partial charge is 0.328 e. The Balaban J connectivity index is 2.21. The molecular weight excluding hydrogens is 366 g/mol. The molecule has 0 spiro atoms. The van der Waals surface area contributed by atoms with Crippen LogP contribution >= 0.6 is 0 Å². The number of rotatable bonds is 5. The van der Waals surface area contributed by atoms with Gasteiger partial charge in [-0.1, -0.05) is 30.3 Å². The largest absolute Gasteiger partial charge is 0.478 e. The van der Waals surface area contributed by atoms with Gasteiger partial charge in [0.1, 0.15) is 0 Å². The summed E-state index contributed by atoms with van der Waals surface area (Å²) in [4.78, 5) is 41.0. The van der Waals surface area contributed by atoms with Crippen LogP contribution in [0, 0.1) is 0 Å². The Morgan fingerprint density at radius 2 is 1.66 bits per heavy atom. The summed E-state index contributed by atoms with van der Waals surface area (Å²) in [5.74, 6) is -1.81. The van der Waals surface area contributed by atoms with Crippen LogP contribution in [0.5, 0.6) is 0 Å². The lowest BCUT2D eigenvalue weighted by Gasteiger charge is -2.26. The number of hydrogen-bond acceptors (Lipinski definition) is 4. The number of allylic oxidation sites excluding steroid dienone is 4. The zero-order valence-electron chi connectivity index (χ0n) is 16.5. The molecule has 0 amide bonds. The van der Waals surface area contributed by atoms with Crippen LogP contribution < -0.4 is 0 Å². The number of pyridine rings is 1. The molecule has 1 atom stereocenters. The Labute approximate surface area is 169 Å². The third kappa shape index (κ3) is 3.99. The zero-order chi connectivity index (χ0) is 21.1. The Hall–Kier alpha value is -3.60. The van der Waals surface area contributed by atoms with Crippen LogP contribution in [0.4, 0.5) is 0 Å². The lowest BCUT2D eigenvalue weighted by Crippen LogP contribution is -2.25. The molecule has 0 aliphatic heterocycles. The molecule has 1 N–H and O–H groups in total. The molecule has 0 saturated heterocycles. The van der Waals surface area contributed by atoms with E-state index >= 15 is 0 Å². The second kappa shape index (κ2) is 8.19. The van der Waals surface area contributed by atoms with Crippen molar-refractivity contribution >= 4 is 23.6 Å². The summed E-state index contributed by atoms with van der Waals surface area (Å²) in [6.07, 6.45) is 5.89. The van der Waals surface area contributed by atoms with E-state index in [-0.39, 0.29) is 11.6 Å². The monoisotopic (exact) mass is 387 g/mol. The number of hydrogen-bond donors (Lipinski definition) is 1. The summed E-state index contributed by atoms with van der Waals surface area (Å²) in [6.45, 7) is 5.03. The van der Waals surface area contributed by atoms with Crippen molar-refractivity contribution in [1.82, 2.24) is 4.98 Å². The predicted octanol–water partition coefficient (Wildman–Crippen LogP) is 4.12. The molecule has 1 unspecified atom stereocenters. The highest BCUT2D eigenvalue weighted by molar-refractivity contribution is 6.25. The summed E-state index contributed by atoms with van der Waals surface area (Å²) < 4.78 is 0. The molecule has 5 heteroatoms. The minimum atomic E-state index is -1.04. The molecular formula is C24H21NO4. The van der Waals surface area contributed by atoms with Crippen LogP contribution in [0.25, 0.3) is 6.08 Å². The van der Waals surface area contributed by atoms with Crippen LogP contribution in [0.3, 0.4) is 0 Å². The highest BCUT2D eigenvalue weighted by Crippen LogP contribution is 2.39. The van der Waals surface area contributed by atoms with Crippen LogP contribution in [-0.4, -0.2) is 27.6 Å². The first-order chi connectivity index (χ1) is 13.8. The van der Waals surface area contributed by atoms with Crippen LogP contribution in [-0.2, 0) is 14.4 Å². The number of carboxylic acids is 1. The first-order valence-corrected chi connectivity index (χ1v) is 9.19. The average Bonchev–Trinajstić information content (AvgIpc) is 2.73. The second-order valence-corrected chi connectivity index (χ2v) is 7.01. The first-order valence-electron chi connectivity index (χ1n) is 9.19. The molecule has 1 aromatic heterocycles. The van der Waals surface area contributed by atoms with Crippen molar-refractivity contribution in [2.45, 2.75) is 26.7 Å². The normalized spacial score (nSPS) is 16.0. The second-order valence-electron chi connectivity index (χ2n) is 7.01. The van der Waals surface area contributed by atoms with E-state index in [1.807, 2.05) is 18.2 Å². The highest BCUT2D eigenvalue weighted by atomic mass is 16.4. The molecule has 0 fully saturated rings. The van der Waals surface area contributed by atoms with Gasteiger partial charge in [0, 0.05) is 46.7 Å². The number of carboxylic acid groups (broad SMARTS) is 1. The van der Waals surface area contributed by atoms with E-state index in [1.54, 1.807) is 51.4 Å². The van der Waals surface area contributed by atoms with E-state index in [0.717, 1.165) is 17.2 Å². The van der Waals surface area contributed by atoms with E-state index in [1.165, 1.54) is 6.08 Å². The number of carbonyl (C=O) groups excluding carboxylic acids is 2. The third-order valence-corrected chi connectivity index (χ3v) is 5.20. The summed E-state index contributed by atoms with van der Waals surface area (Å²) in [7, 11) is 0. The van der Waals surface area contributed by atoms with E-state index in [9.17, 15) is 14.4 Å². The van der Waals surface area contributed by atoms with Crippen molar-refractivity contribution in [2.75, 3.05) is 0 Å². The Morgan fingerprint density at radius 3 is 2.31 bits per heavy atom. The molecule has 1 aliphatic carbocycles. The minimum Gasteiger partial charge on any atom is -0.478 e. The molecule has 5 nitrogen and oxygen atoms in total. The van der Waals surface area contributed by atoms with Gasteiger partial charge in [-0.05, 0) is 49.6 Å². The van der Waals surface area contributed by atoms with Crippen LogP contribution in [0.1, 0.15) is 43.4 Å². The van der Waals surface area contributed by atoms with E-state index in [4.69, 9.17) is 5.11 Å². The van der Waals surface area contributed by atoms with Crippen molar-refractivity contribution in [3.63, 3.8) is 0 Å². The minimum absolute atomic E-state index is 0.132. The van der Waals surface area contributed by atoms with Crippen molar-refractivity contribution in [3.8, 4) is 0 Å². The lowest BCUT2D eigenvalue weighted by atomic mass is 9.75. The fourth-order valence-electron chi connectivity index (χ4n) is 3.55. The zero-order valence-corrected chi connectivity index (χ0v) is 16.5. The van der Waals surface area contributed by atoms with Gasteiger partial charge in [-0.3, -0.25) is 14.6 Å². The van der Waals surface area contributed by atoms with Gasteiger partial charge in [0.2, 0.25) is 0 Å². The fourth-order valence-corrected chi connectivity index (χ4v) is 3.55. The maximum atomic E-state index is 13.2. The molecule has 0 bridgehead atoms. The maximum absolute atomic E-state index is 13.2. The van der Waals surface area contributed by atoms with Gasteiger partial charge in [-0.15, -0.1) is 0 Å². The van der Waals surface area contributed by atoms with Gasteiger partial charge >= 0.3 is 5.97 Å². The highest BCUT2D eigenvalue weighted by Gasteiger charge is 2.34. The van der Waals surface area contributed by atoms with Crippen molar-refractivity contribution in [3.05, 3.63) is 93.9 Å². The number of ketones is 2. The van der Waals surface area contributed by atoms with Gasteiger partial charge in [-0.2, -0.15) is 0 Å². The van der Waals surface area contributed by atoms with Crippen LogP contribution in [0.15, 0.2) is 77.2 Å².